The molecule has 24 heavy (non-hydrogen) atoms. The van der Waals surface area contributed by atoms with Gasteiger partial charge in [-0.3, -0.25) is 9.69 Å². The minimum absolute atomic E-state index is 0.0600. The molecule has 1 aromatic rings. The molecule has 0 unspecified atom stereocenters. The summed E-state index contributed by atoms with van der Waals surface area (Å²) in [6.07, 6.45) is 1.79. The Morgan fingerprint density at radius 3 is 2.58 bits per heavy atom. The van der Waals surface area contributed by atoms with Gasteiger partial charge in [-0.1, -0.05) is 12.1 Å². The standard InChI is InChI=1S/C19H25N3O2/c1-19(2)13-16(24-18(19)23)7-8-21-9-11-22(12-10-21)17-6-4-3-5-15(17)14-20/h3-6,16H,7-13H2,1-2H3/t16-/m1/s1. The number of piperazine rings is 1. The number of anilines is 1. The third-order valence-electron chi connectivity index (χ3n) is 5.07. The van der Waals surface area contributed by atoms with Gasteiger partial charge in [-0.05, 0) is 38.8 Å². The van der Waals surface area contributed by atoms with E-state index in [0.717, 1.165) is 56.8 Å². The molecular formula is C19H25N3O2. The molecule has 1 atom stereocenters. The predicted octanol–water partition coefficient (Wildman–Crippen LogP) is 2.41. The Morgan fingerprint density at radius 2 is 1.96 bits per heavy atom. The van der Waals surface area contributed by atoms with Gasteiger partial charge < -0.3 is 9.64 Å². The molecule has 0 bridgehead atoms. The molecule has 2 heterocycles. The van der Waals surface area contributed by atoms with Crippen LogP contribution in [0.1, 0.15) is 32.3 Å². The quantitative estimate of drug-likeness (QED) is 0.795. The van der Waals surface area contributed by atoms with E-state index >= 15 is 0 Å². The Kier molecular flexibility index (Phi) is 4.77. The van der Waals surface area contributed by atoms with Crippen LogP contribution in [0.5, 0.6) is 0 Å². The molecule has 5 nitrogen and oxygen atoms in total. The van der Waals surface area contributed by atoms with Gasteiger partial charge in [-0.15, -0.1) is 0 Å². The predicted molar refractivity (Wildman–Crippen MR) is 92.7 cm³/mol. The highest BCUT2D eigenvalue weighted by molar-refractivity contribution is 5.78. The van der Waals surface area contributed by atoms with E-state index in [9.17, 15) is 10.1 Å². The molecule has 128 valence electrons. The lowest BCUT2D eigenvalue weighted by atomic mass is 9.89. The van der Waals surface area contributed by atoms with Crippen LogP contribution in [0.25, 0.3) is 0 Å². The van der Waals surface area contributed by atoms with Crippen molar-refractivity contribution in [3.63, 3.8) is 0 Å². The Morgan fingerprint density at radius 1 is 1.25 bits per heavy atom. The molecule has 0 amide bonds. The fourth-order valence-corrected chi connectivity index (χ4v) is 3.55. The van der Waals surface area contributed by atoms with Crippen molar-refractivity contribution in [2.45, 2.75) is 32.8 Å². The van der Waals surface area contributed by atoms with Crippen LogP contribution in [0, 0.1) is 16.7 Å². The van der Waals surface area contributed by atoms with Crippen molar-refractivity contribution < 1.29 is 9.53 Å². The summed E-state index contributed by atoms with van der Waals surface area (Å²) in [5.74, 6) is -0.0644. The van der Waals surface area contributed by atoms with Crippen molar-refractivity contribution in [2.75, 3.05) is 37.6 Å². The number of rotatable bonds is 4. The van der Waals surface area contributed by atoms with Gasteiger partial charge in [0, 0.05) is 32.7 Å². The third kappa shape index (κ3) is 3.54. The van der Waals surface area contributed by atoms with E-state index in [1.807, 2.05) is 38.1 Å². The highest BCUT2D eigenvalue weighted by Crippen LogP contribution is 2.34. The zero-order valence-electron chi connectivity index (χ0n) is 14.5. The van der Waals surface area contributed by atoms with Crippen LogP contribution < -0.4 is 4.90 Å². The summed E-state index contributed by atoms with van der Waals surface area (Å²) < 4.78 is 5.48. The summed E-state index contributed by atoms with van der Waals surface area (Å²) in [6, 6.07) is 10.1. The van der Waals surface area contributed by atoms with Crippen LogP contribution in [-0.4, -0.2) is 49.7 Å². The summed E-state index contributed by atoms with van der Waals surface area (Å²) in [5.41, 5.74) is 1.45. The fraction of sp³-hybridized carbons (Fsp3) is 0.579. The number of hydrogen-bond acceptors (Lipinski definition) is 5. The van der Waals surface area contributed by atoms with E-state index in [0.29, 0.717) is 0 Å². The number of hydrogen-bond donors (Lipinski definition) is 0. The molecule has 1 aromatic carbocycles. The van der Waals surface area contributed by atoms with E-state index in [-0.39, 0.29) is 17.5 Å². The van der Waals surface area contributed by atoms with Crippen LogP contribution in [0.15, 0.2) is 24.3 Å². The molecule has 2 saturated heterocycles. The van der Waals surface area contributed by atoms with Gasteiger partial charge in [0.2, 0.25) is 0 Å². The average molecular weight is 327 g/mol. The minimum Gasteiger partial charge on any atom is -0.462 e. The van der Waals surface area contributed by atoms with Crippen molar-refractivity contribution in [2.24, 2.45) is 5.41 Å². The zero-order valence-corrected chi connectivity index (χ0v) is 14.5. The summed E-state index contributed by atoms with van der Waals surface area (Å²) in [4.78, 5) is 16.5. The maximum Gasteiger partial charge on any atom is 0.311 e. The summed E-state index contributed by atoms with van der Waals surface area (Å²) in [6.45, 7) is 8.68. The highest BCUT2D eigenvalue weighted by atomic mass is 16.6. The van der Waals surface area contributed by atoms with Gasteiger partial charge in [0.15, 0.2) is 0 Å². The lowest BCUT2D eigenvalue weighted by molar-refractivity contribution is -0.147. The Bertz CT molecular complexity index is 642. The van der Waals surface area contributed by atoms with Gasteiger partial charge >= 0.3 is 5.97 Å². The van der Waals surface area contributed by atoms with Gasteiger partial charge in [0.05, 0.1) is 16.7 Å². The zero-order chi connectivity index (χ0) is 17.2. The second kappa shape index (κ2) is 6.82. The monoisotopic (exact) mass is 327 g/mol. The van der Waals surface area contributed by atoms with Crippen LogP contribution in [-0.2, 0) is 9.53 Å². The van der Waals surface area contributed by atoms with E-state index in [2.05, 4.69) is 15.9 Å². The first-order chi connectivity index (χ1) is 11.5. The molecule has 2 aliphatic heterocycles. The lowest BCUT2D eigenvalue weighted by Gasteiger charge is -2.36. The number of esters is 1. The topological polar surface area (TPSA) is 56.6 Å². The largest absolute Gasteiger partial charge is 0.462 e. The first kappa shape index (κ1) is 16.8. The molecule has 0 spiro atoms. The van der Waals surface area contributed by atoms with Crippen LogP contribution in [0.3, 0.4) is 0 Å². The van der Waals surface area contributed by atoms with Gasteiger partial charge in [-0.25, -0.2) is 0 Å². The smallest absolute Gasteiger partial charge is 0.311 e. The number of nitriles is 1. The maximum atomic E-state index is 11.7. The third-order valence-corrected chi connectivity index (χ3v) is 5.07. The molecular weight excluding hydrogens is 302 g/mol. The first-order valence-corrected chi connectivity index (χ1v) is 8.67. The summed E-state index contributed by atoms with van der Waals surface area (Å²) >= 11 is 0. The molecule has 0 radical (unpaired) electrons. The lowest BCUT2D eigenvalue weighted by Crippen LogP contribution is -2.47. The average Bonchev–Trinajstić information content (AvgIpc) is 2.86. The molecule has 2 fully saturated rings. The number of nitrogens with zero attached hydrogens (tertiary/aromatic N) is 3. The number of benzene rings is 1. The molecule has 0 saturated carbocycles. The second-order valence-corrected chi connectivity index (χ2v) is 7.36. The van der Waals surface area contributed by atoms with E-state index in [1.165, 1.54) is 0 Å². The van der Waals surface area contributed by atoms with Crippen LogP contribution in [0.4, 0.5) is 5.69 Å². The van der Waals surface area contributed by atoms with Crippen molar-refractivity contribution >= 4 is 11.7 Å². The molecule has 3 rings (SSSR count). The summed E-state index contributed by atoms with van der Waals surface area (Å²) in [7, 11) is 0. The number of para-hydroxylation sites is 1. The van der Waals surface area contributed by atoms with Crippen molar-refractivity contribution in [3.05, 3.63) is 29.8 Å². The Hall–Kier alpha value is -2.06. The highest BCUT2D eigenvalue weighted by Gasteiger charge is 2.41. The summed E-state index contributed by atoms with van der Waals surface area (Å²) in [5, 5.41) is 9.24. The van der Waals surface area contributed by atoms with Gasteiger partial charge in [-0.2, -0.15) is 5.26 Å². The van der Waals surface area contributed by atoms with E-state index in [1.54, 1.807) is 0 Å². The van der Waals surface area contributed by atoms with Crippen molar-refractivity contribution in [1.29, 1.82) is 5.26 Å². The van der Waals surface area contributed by atoms with Crippen molar-refractivity contribution in [3.8, 4) is 6.07 Å². The normalized spacial score (nSPS) is 23.8. The van der Waals surface area contributed by atoms with Crippen LogP contribution in [0.2, 0.25) is 0 Å². The minimum atomic E-state index is -0.329. The number of carbonyl (C=O) groups is 1. The first-order valence-electron chi connectivity index (χ1n) is 8.67. The number of ether oxygens (including phenoxy) is 1. The number of carbonyl (C=O) groups excluding carboxylic acids is 1. The maximum absolute atomic E-state index is 11.7. The fourth-order valence-electron chi connectivity index (χ4n) is 3.55. The molecule has 0 aromatic heterocycles. The molecule has 0 N–H and O–H groups in total. The van der Waals surface area contributed by atoms with Gasteiger partial charge in [0.25, 0.3) is 0 Å². The molecule has 2 aliphatic rings. The number of cyclic esters (lactones) is 1. The van der Waals surface area contributed by atoms with E-state index < -0.39 is 0 Å². The van der Waals surface area contributed by atoms with Crippen molar-refractivity contribution in [1.82, 2.24) is 4.90 Å². The van der Waals surface area contributed by atoms with Gasteiger partial charge in [0.1, 0.15) is 12.2 Å². The van der Waals surface area contributed by atoms with E-state index in [4.69, 9.17) is 4.74 Å². The second-order valence-electron chi connectivity index (χ2n) is 7.36. The SMILES string of the molecule is CC1(C)C[C@@H](CCN2CCN(c3ccccc3C#N)CC2)OC1=O. The molecule has 5 heteroatoms. The Balaban J connectivity index is 1.48. The molecule has 0 aliphatic carbocycles. The van der Waals surface area contributed by atoms with Crippen LogP contribution >= 0.6 is 0 Å². The Labute approximate surface area is 143 Å².